The topological polar surface area (TPSA) is 57.6 Å². The molecule has 0 unspecified atom stereocenters. The Kier molecular flexibility index (Phi) is 4.18. The first-order chi connectivity index (χ1) is 9.37. The smallest absolute Gasteiger partial charge is 0.311 e. The van der Waals surface area contributed by atoms with Gasteiger partial charge in [0.25, 0.3) is 5.91 Å². The van der Waals surface area contributed by atoms with Crippen molar-refractivity contribution in [1.82, 2.24) is 4.90 Å². The molecule has 0 radical (unpaired) electrons. The SMILES string of the molecule is CCCc1cc(C(=O)N2CC[C@@](C)(C(=O)O)C2)sc1C. The lowest BCUT2D eigenvalue weighted by molar-refractivity contribution is -0.147. The zero-order chi connectivity index (χ0) is 14.9. The zero-order valence-corrected chi connectivity index (χ0v) is 13.0. The molecule has 1 fully saturated rings. The van der Waals surface area contributed by atoms with E-state index in [0.717, 1.165) is 17.7 Å². The van der Waals surface area contributed by atoms with Gasteiger partial charge >= 0.3 is 5.97 Å². The highest BCUT2D eigenvalue weighted by Crippen LogP contribution is 2.32. The highest BCUT2D eigenvalue weighted by molar-refractivity contribution is 7.14. The number of hydrogen-bond donors (Lipinski definition) is 1. The number of hydrogen-bond acceptors (Lipinski definition) is 3. The maximum atomic E-state index is 12.5. The fraction of sp³-hybridized carbons (Fsp3) is 0.600. The van der Waals surface area contributed by atoms with E-state index in [1.165, 1.54) is 21.8 Å². The largest absolute Gasteiger partial charge is 0.481 e. The number of likely N-dealkylation sites (tertiary alicyclic amines) is 1. The molecule has 0 saturated carbocycles. The predicted octanol–water partition coefficient (Wildman–Crippen LogP) is 2.95. The number of aryl methyl sites for hydroxylation is 2. The number of amides is 1. The van der Waals surface area contributed by atoms with Crippen molar-refractivity contribution in [3.8, 4) is 0 Å². The minimum absolute atomic E-state index is 0.0228. The van der Waals surface area contributed by atoms with Crippen LogP contribution in [0.2, 0.25) is 0 Å². The number of carboxylic acids is 1. The van der Waals surface area contributed by atoms with Crippen molar-refractivity contribution in [2.45, 2.75) is 40.0 Å². The molecule has 0 bridgehead atoms. The molecular formula is C15H21NO3S. The molecular weight excluding hydrogens is 274 g/mol. The van der Waals surface area contributed by atoms with E-state index < -0.39 is 11.4 Å². The van der Waals surface area contributed by atoms with E-state index in [1.54, 1.807) is 11.8 Å². The maximum absolute atomic E-state index is 12.5. The number of carbonyl (C=O) groups is 2. The molecule has 1 aliphatic rings. The van der Waals surface area contributed by atoms with Gasteiger partial charge in [-0.15, -0.1) is 11.3 Å². The third-order valence-electron chi connectivity index (χ3n) is 4.03. The second kappa shape index (κ2) is 5.56. The summed E-state index contributed by atoms with van der Waals surface area (Å²) in [6.45, 7) is 6.71. The van der Waals surface area contributed by atoms with E-state index in [-0.39, 0.29) is 5.91 Å². The molecule has 1 saturated heterocycles. The van der Waals surface area contributed by atoms with Gasteiger partial charge in [0.05, 0.1) is 10.3 Å². The zero-order valence-electron chi connectivity index (χ0n) is 12.2. The summed E-state index contributed by atoms with van der Waals surface area (Å²) < 4.78 is 0. The normalized spacial score (nSPS) is 22.2. The van der Waals surface area contributed by atoms with E-state index in [2.05, 4.69) is 6.92 Å². The molecule has 5 heteroatoms. The van der Waals surface area contributed by atoms with Crippen LogP contribution in [-0.4, -0.2) is 35.0 Å². The van der Waals surface area contributed by atoms with Crippen LogP contribution in [0, 0.1) is 12.3 Å². The number of thiophene rings is 1. The molecule has 20 heavy (non-hydrogen) atoms. The van der Waals surface area contributed by atoms with Crippen molar-refractivity contribution in [3.63, 3.8) is 0 Å². The first kappa shape index (κ1) is 15.0. The summed E-state index contributed by atoms with van der Waals surface area (Å²) in [6.07, 6.45) is 2.58. The van der Waals surface area contributed by atoms with Crippen LogP contribution < -0.4 is 0 Å². The Morgan fingerprint density at radius 3 is 2.75 bits per heavy atom. The molecule has 110 valence electrons. The second-order valence-electron chi connectivity index (χ2n) is 5.78. The van der Waals surface area contributed by atoms with Crippen LogP contribution in [0.3, 0.4) is 0 Å². The van der Waals surface area contributed by atoms with Crippen LogP contribution in [0.25, 0.3) is 0 Å². The van der Waals surface area contributed by atoms with Gasteiger partial charge in [0.1, 0.15) is 0 Å². The molecule has 1 aromatic heterocycles. The van der Waals surface area contributed by atoms with Crippen LogP contribution >= 0.6 is 11.3 Å². The van der Waals surface area contributed by atoms with Gasteiger partial charge in [-0.3, -0.25) is 9.59 Å². The van der Waals surface area contributed by atoms with Crippen LogP contribution in [0.15, 0.2) is 6.07 Å². The predicted molar refractivity (Wildman–Crippen MR) is 79.3 cm³/mol. The van der Waals surface area contributed by atoms with Crippen molar-refractivity contribution >= 4 is 23.2 Å². The van der Waals surface area contributed by atoms with Gasteiger partial charge in [0.15, 0.2) is 0 Å². The highest BCUT2D eigenvalue weighted by Gasteiger charge is 2.42. The molecule has 1 N–H and O–H groups in total. The van der Waals surface area contributed by atoms with Crippen molar-refractivity contribution in [2.75, 3.05) is 13.1 Å². The Labute approximate surface area is 123 Å². The fourth-order valence-electron chi connectivity index (χ4n) is 2.61. The summed E-state index contributed by atoms with van der Waals surface area (Å²) in [5.74, 6) is -0.840. The highest BCUT2D eigenvalue weighted by atomic mass is 32.1. The van der Waals surface area contributed by atoms with Crippen molar-refractivity contribution < 1.29 is 14.7 Å². The molecule has 2 heterocycles. The quantitative estimate of drug-likeness (QED) is 0.929. The van der Waals surface area contributed by atoms with Gasteiger partial charge in [-0.1, -0.05) is 13.3 Å². The number of aliphatic carboxylic acids is 1. The summed E-state index contributed by atoms with van der Waals surface area (Å²) in [7, 11) is 0. The van der Waals surface area contributed by atoms with Gasteiger partial charge in [-0.2, -0.15) is 0 Å². The van der Waals surface area contributed by atoms with Crippen molar-refractivity contribution in [1.29, 1.82) is 0 Å². The summed E-state index contributed by atoms with van der Waals surface area (Å²) >= 11 is 1.52. The van der Waals surface area contributed by atoms with Gasteiger partial charge in [0.2, 0.25) is 0 Å². The van der Waals surface area contributed by atoms with Crippen molar-refractivity contribution in [3.05, 3.63) is 21.4 Å². The van der Waals surface area contributed by atoms with Crippen LogP contribution in [0.4, 0.5) is 0 Å². The molecule has 2 rings (SSSR count). The molecule has 4 nitrogen and oxygen atoms in total. The maximum Gasteiger partial charge on any atom is 0.311 e. The van der Waals surface area contributed by atoms with E-state index in [4.69, 9.17) is 0 Å². The van der Waals surface area contributed by atoms with E-state index in [1.807, 2.05) is 13.0 Å². The Bertz CT molecular complexity index is 537. The van der Waals surface area contributed by atoms with Crippen molar-refractivity contribution in [2.24, 2.45) is 5.41 Å². The minimum Gasteiger partial charge on any atom is -0.481 e. The number of carboxylic acid groups (broad SMARTS) is 1. The minimum atomic E-state index is -0.818. The number of rotatable bonds is 4. The third kappa shape index (κ3) is 2.73. The average Bonchev–Trinajstić information content (AvgIpc) is 2.95. The second-order valence-corrected chi connectivity index (χ2v) is 7.04. The Morgan fingerprint density at radius 1 is 1.50 bits per heavy atom. The average molecular weight is 295 g/mol. The lowest BCUT2D eigenvalue weighted by atomic mass is 9.90. The van der Waals surface area contributed by atoms with Gasteiger partial charge in [-0.25, -0.2) is 0 Å². The molecule has 1 atom stereocenters. The summed E-state index contributed by atoms with van der Waals surface area (Å²) in [5, 5.41) is 9.23. The Hall–Kier alpha value is -1.36. The number of carbonyl (C=O) groups excluding carboxylic acids is 1. The fourth-order valence-corrected chi connectivity index (χ4v) is 3.65. The van der Waals surface area contributed by atoms with Crippen LogP contribution in [-0.2, 0) is 11.2 Å². The number of nitrogens with zero attached hydrogens (tertiary/aromatic N) is 1. The first-order valence-electron chi connectivity index (χ1n) is 6.99. The molecule has 0 aromatic carbocycles. The van der Waals surface area contributed by atoms with Gasteiger partial charge in [-0.05, 0) is 38.3 Å². The van der Waals surface area contributed by atoms with Crippen LogP contribution in [0.1, 0.15) is 46.8 Å². The summed E-state index contributed by atoms with van der Waals surface area (Å²) in [6, 6.07) is 1.97. The molecule has 1 aliphatic heterocycles. The summed E-state index contributed by atoms with van der Waals surface area (Å²) in [5.41, 5.74) is 0.440. The van der Waals surface area contributed by atoms with Gasteiger partial charge < -0.3 is 10.0 Å². The lowest BCUT2D eigenvalue weighted by Gasteiger charge is -2.19. The molecule has 1 amide bonds. The third-order valence-corrected chi connectivity index (χ3v) is 5.11. The lowest BCUT2D eigenvalue weighted by Crippen LogP contribution is -2.34. The van der Waals surface area contributed by atoms with Gasteiger partial charge in [0, 0.05) is 18.0 Å². The van der Waals surface area contributed by atoms with E-state index in [0.29, 0.717) is 19.5 Å². The molecule has 1 aromatic rings. The monoisotopic (exact) mass is 295 g/mol. The Balaban J connectivity index is 2.13. The standard InChI is InChI=1S/C15H21NO3S/c1-4-5-11-8-12(20-10(11)2)13(17)16-7-6-15(3,9-16)14(18)19/h8H,4-7,9H2,1-3H3,(H,18,19)/t15-/m1/s1. The van der Waals surface area contributed by atoms with E-state index >= 15 is 0 Å². The Morgan fingerprint density at radius 2 is 2.20 bits per heavy atom. The summed E-state index contributed by atoms with van der Waals surface area (Å²) in [4.78, 5) is 27.3. The first-order valence-corrected chi connectivity index (χ1v) is 7.81. The molecule has 0 spiro atoms. The van der Waals surface area contributed by atoms with E-state index in [9.17, 15) is 14.7 Å². The van der Waals surface area contributed by atoms with Crippen LogP contribution in [0.5, 0.6) is 0 Å². The molecule has 0 aliphatic carbocycles.